The fraction of sp³-hybridized carbons (Fsp3) is 0.381. The van der Waals surface area contributed by atoms with Crippen molar-refractivity contribution in [2.75, 3.05) is 13.1 Å². The normalized spacial score (nSPS) is 14.7. The van der Waals surface area contributed by atoms with Crippen LogP contribution >= 0.6 is 11.3 Å². The van der Waals surface area contributed by atoms with Crippen LogP contribution in [-0.2, 0) is 11.3 Å². The highest BCUT2D eigenvalue weighted by atomic mass is 32.1. The highest BCUT2D eigenvalue weighted by molar-refractivity contribution is 7.19. The Morgan fingerprint density at radius 1 is 1.20 bits per heavy atom. The molecule has 8 nitrogen and oxygen atoms in total. The number of likely N-dealkylation sites (tertiary alicyclic amines) is 1. The van der Waals surface area contributed by atoms with Gasteiger partial charge in [-0.15, -0.1) is 16.4 Å². The summed E-state index contributed by atoms with van der Waals surface area (Å²) in [7, 11) is 0. The smallest absolute Gasteiger partial charge is 0.341 e. The Kier molecular flexibility index (Phi) is 4.62. The average Bonchev–Trinajstić information content (AvgIpc) is 3.34. The zero-order valence-electron chi connectivity index (χ0n) is 17.0. The summed E-state index contributed by atoms with van der Waals surface area (Å²) in [6.45, 7) is 5.59. The van der Waals surface area contributed by atoms with Crippen molar-refractivity contribution in [1.82, 2.24) is 29.0 Å². The maximum atomic E-state index is 13.4. The van der Waals surface area contributed by atoms with Crippen molar-refractivity contribution in [3.63, 3.8) is 0 Å². The van der Waals surface area contributed by atoms with Gasteiger partial charge in [0.15, 0.2) is 11.5 Å². The number of rotatable bonds is 3. The second kappa shape index (κ2) is 7.32. The van der Waals surface area contributed by atoms with Gasteiger partial charge in [0, 0.05) is 35.9 Å². The van der Waals surface area contributed by atoms with E-state index in [2.05, 4.69) is 15.1 Å². The molecule has 4 aromatic rings. The number of fused-ring (bicyclic) bond motifs is 3. The summed E-state index contributed by atoms with van der Waals surface area (Å²) in [5.41, 5.74) is 1.99. The van der Waals surface area contributed by atoms with E-state index < -0.39 is 0 Å². The maximum Gasteiger partial charge on any atom is 0.352 e. The molecule has 5 rings (SSSR count). The number of hydrogen-bond donors (Lipinski definition) is 0. The average molecular weight is 423 g/mol. The largest absolute Gasteiger partial charge is 0.352 e. The molecule has 1 aliphatic rings. The molecule has 0 radical (unpaired) electrons. The van der Waals surface area contributed by atoms with Crippen LogP contribution in [0.1, 0.15) is 29.7 Å². The lowest BCUT2D eigenvalue weighted by Gasteiger charge is -2.27. The molecular weight excluding hydrogens is 400 g/mol. The number of aryl methyl sites for hydroxylation is 2. The molecule has 1 saturated heterocycles. The Balaban J connectivity index is 1.70. The number of pyridine rings is 1. The lowest BCUT2D eigenvalue weighted by molar-refractivity contribution is -0.132. The first kappa shape index (κ1) is 18.9. The first-order valence-electron chi connectivity index (χ1n) is 10.1. The highest BCUT2D eigenvalue weighted by Gasteiger charge is 2.23. The summed E-state index contributed by atoms with van der Waals surface area (Å²) in [4.78, 5) is 38.8. The van der Waals surface area contributed by atoms with Crippen molar-refractivity contribution in [1.29, 1.82) is 0 Å². The monoisotopic (exact) mass is 422 g/mol. The van der Waals surface area contributed by atoms with Gasteiger partial charge in [0.05, 0.1) is 5.39 Å². The minimum atomic E-state index is -0.341. The molecule has 0 saturated carbocycles. The first-order chi connectivity index (χ1) is 14.5. The number of piperidine rings is 1. The molecule has 154 valence electrons. The van der Waals surface area contributed by atoms with Crippen molar-refractivity contribution in [3.05, 3.63) is 45.5 Å². The highest BCUT2D eigenvalue weighted by Crippen LogP contribution is 2.32. The zero-order chi connectivity index (χ0) is 20.8. The number of carbonyl (C=O) groups is 1. The molecule has 0 aromatic carbocycles. The Labute approximate surface area is 176 Å². The van der Waals surface area contributed by atoms with E-state index in [1.54, 1.807) is 17.0 Å². The van der Waals surface area contributed by atoms with Gasteiger partial charge in [0.25, 0.3) is 0 Å². The Bertz CT molecular complexity index is 1310. The number of thiophene rings is 1. The number of carbonyl (C=O) groups excluding carboxylic acids is 1. The summed E-state index contributed by atoms with van der Waals surface area (Å²) in [5.74, 6) is 0.429. The Morgan fingerprint density at radius 3 is 2.73 bits per heavy atom. The van der Waals surface area contributed by atoms with Gasteiger partial charge in [-0.2, -0.15) is 4.52 Å². The lowest BCUT2D eigenvalue weighted by atomic mass is 10.1. The summed E-state index contributed by atoms with van der Waals surface area (Å²) < 4.78 is 2.89. The Hall–Kier alpha value is -3.07. The van der Waals surface area contributed by atoms with Gasteiger partial charge >= 0.3 is 5.69 Å². The number of amides is 1. The van der Waals surface area contributed by atoms with Gasteiger partial charge in [-0.25, -0.2) is 9.78 Å². The molecule has 9 heteroatoms. The second-order valence-corrected chi connectivity index (χ2v) is 8.89. The molecule has 5 heterocycles. The van der Waals surface area contributed by atoms with Gasteiger partial charge in [-0.3, -0.25) is 14.3 Å². The lowest BCUT2D eigenvalue weighted by Crippen LogP contribution is -2.40. The van der Waals surface area contributed by atoms with Gasteiger partial charge in [-0.05, 0) is 50.8 Å². The van der Waals surface area contributed by atoms with Crippen molar-refractivity contribution < 1.29 is 4.79 Å². The van der Waals surface area contributed by atoms with Crippen LogP contribution in [0.5, 0.6) is 0 Å². The molecular formula is C21H22N6O2S. The van der Waals surface area contributed by atoms with Crippen LogP contribution in [0.4, 0.5) is 0 Å². The molecule has 1 amide bonds. The van der Waals surface area contributed by atoms with Gasteiger partial charge in [0.2, 0.25) is 5.91 Å². The SMILES string of the molecule is Cc1sc2c(c1C)c1nc(-c3cccnc3)nn1c(=O)n2CC(=O)N1CCCCC1. The minimum Gasteiger partial charge on any atom is -0.341 e. The third-order valence-corrected chi connectivity index (χ3v) is 7.01. The molecule has 0 spiro atoms. The van der Waals surface area contributed by atoms with Gasteiger partial charge in [0.1, 0.15) is 11.4 Å². The van der Waals surface area contributed by atoms with Crippen molar-refractivity contribution in [3.8, 4) is 11.4 Å². The number of aromatic nitrogens is 5. The van der Waals surface area contributed by atoms with Crippen molar-refractivity contribution in [2.24, 2.45) is 0 Å². The van der Waals surface area contributed by atoms with Crippen LogP contribution in [0.3, 0.4) is 0 Å². The van der Waals surface area contributed by atoms with Crippen molar-refractivity contribution >= 4 is 33.1 Å². The van der Waals surface area contributed by atoms with Gasteiger partial charge < -0.3 is 4.90 Å². The van der Waals surface area contributed by atoms with Crippen LogP contribution in [0, 0.1) is 13.8 Å². The number of nitrogens with zero attached hydrogens (tertiary/aromatic N) is 6. The molecule has 0 N–H and O–H groups in total. The molecule has 1 fully saturated rings. The molecule has 0 aliphatic carbocycles. The van der Waals surface area contributed by atoms with Crippen LogP contribution in [-0.4, -0.2) is 48.0 Å². The standard InChI is InChI=1S/C21H22N6O2S/c1-13-14(2)30-20-17(13)19-23-18(15-7-6-8-22-11-15)24-27(19)21(29)26(20)12-16(28)25-9-4-3-5-10-25/h6-8,11H,3-5,9-10,12H2,1-2H3. The third kappa shape index (κ3) is 3.00. The summed E-state index contributed by atoms with van der Waals surface area (Å²) in [6, 6.07) is 3.68. The molecule has 0 bridgehead atoms. The van der Waals surface area contributed by atoms with E-state index in [1.165, 1.54) is 15.9 Å². The van der Waals surface area contributed by atoms with Crippen LogP contribution < -0.4 is 5.69 Å². The topological polar surface area (TPSA) is 85.4 Å². The van der Waals surface area contributed by atoms with Gasteiger partial charge in [-0.1, -0.05) is 0 Å². The molecule has 0 atom stereocenters. The van der Waals surface area contributed by atoms with E-state index in [1.807, 2.05) is 30.9 Å². The van der Waals surface area contributed by atoms with Crippen LogP contribution in [0.2, 0.25) is 0 Å². The zero-order valence-corrected chi connectivity index (χ0v) is 17.8. The van der Waals surface area contributed by atoms with E-state index in [4.69, 9.17) is 0 Å². The summed E-state index contributed by atoms with van der Waals surface area (Å²) in [6.07, 6.45) is 6.55. The molecule has 30 heavy (non-hydrogen) atoms. The van der Waals surface area contributed by atoms with Crippen LogP contribution in [0.15, 0.2) is 29.3 Å². The van der Waals surface area contributed by atoms with E-state index in [-0.39, 0.29) is 18.1 Å². The van der Waals surface area contributed by atoms with Crippen molar-refractivity contribution in [2.45, 2.75) is 39.7 Å². The quantitative estimate of drug-likeness (QED) is 0.507. The second-order valence-electron chi connectivity index (χ2n) is 7.69. The minimum absolute atomic E-state index is 0.0197. The third-order valence-electron chi connectivity index (χ3n) is 5.78. The van der Waals surface area contributed by atoms with Crippen LogP contribution in [0.25, 0.3) is 27.3 Å². The Morgan fingerprint density at radius 2 is 2.00 bits per heavy atom. The van der Waals surface area contributed by atoms with E-state index >= 15 is 0 Å². The molecule has 4 aromatic heterocycles. The molecule has 0 unspecified atom stereocenters. The predicted molar refractivity (Wildman–Crippen MR) is 116 cm³/mol. The van der Waals surface area contributed by atoms with E-state index in [9.17, 15) is 9.59 Å². The van der Waals surface area contributed by atoms with E-state index in [0.29, 0.717) is 11.5 Å². The predicted octanol–water partition coefficient (Wildman–Crippen LogP) is 2.80. The fourth-order valence-electron chi connectivity index (χ4n) is 4.01. The number of hydrogen-bond acceptors (Lipinski definition) is 6. The first-order valence-corrected chi connectivity index (χ1v) is 10.9. The van der Waals surface area contributed by atoms with E-state index in [0.717, 1.165) is 58.6 Å². The fourth-order valence-corrected chi connectivity index (χ4v) is 5.15. The maximum absolute atomic E-state index is 13.4. The summed E-state index contributed by atoms with van der Waals surface area (Å²) >= 11 is 1.53. The molecule has 1 aliphatic heterocycles. The summed E-state index contributed by atoms with van der Waals surface area (Å²) in [5, 5.41) is 5.36.